The zero-order valence-corrected chi connectivity index (χ0v) is 15.6. The molecular weight excluding hydrogens is 356 g/mol. The molecule has 0 saturated heterocycles. The fraction of sp³-hybridized carbons (Fsp3) is 0.200. The van der Waals surface area contributed by atoms with Gasteiger partial charge in [0.1, 0.15) is 18.1 Å². The molecule has 2 aromatic heterocycles. The van der Waals surface area contributed by atoms with Crippen LogP contribution in [0.1, 0.15) is 25.5 Å². The molecule has 0 unspecified atom stereocenters. The summed E-state index contributed by atoms with van der Waals surface area (Å²) in [6.07, 6.45) is 4.89. The number of nitrogens with zero attached hydrogens (tertiary/aromatic N) is 4. The summed E-state index contributed by atoms with van der Waals surface area (Å²) >= 11 is 0. The number of aromatic nitrogens is 4. The number of rotatable bonds is 5. The first-order valence-electron chi connectivity index (χ1n) is 8.99. The van der Waals surface area contributed by atoms with E-state index in [1.54, 1.807) is 17.1 Å². The van der Waals surface area contributed by atoms with Crippen molar-refractivity contribution in [2.45, 2.75) is 19.9 Å². The molecule has 2 N–H and O–H groups in total. The highest BCUT2D eigenvalue weighted by atomic mass is 16.5. The molecule has 3 aromatic rings. The molecule has 0 saturated carbocycles. The first-order chi connectivity index (χ1) is 13.7. The van der Waals surface area contributed by atoms with E-state index in [1.165, 1.54) is 6.33 Å². The van der Waals surface area contributed by atoms with Gasteiger partial charge in [0.25, 0.3) is 5.91 Å². The van der Waals surface area contributed by atoms with Gasteiger partial charge in [-0.1, -0.05) is 18.2 Å². The summed E-state index contributed by atoms with van der Waals surface area (Å²) in [5, 5.41) is 10.4. The molecule has 28 heavy (non-hydrogen) atoms. The van der Waals surface area contributed by atoms with Gasteiger partial charge in [-0.2, -0.15) is 10.1 Å². The van der Waals surface area contributed by atoms with Crippen molar-refractivity contribution in [3.8, 4) is 5.75 Å². The zero-order chi connectivity index (χ0) is 19.5. The number of pyridine rings is 1. The van der Waals surface area contributed by atoms with Gasteiger partial charge in [-0.05, 0) is 37.6 Å². The Morgan fingerprint density at radius 2 is 2.14 bits per heavy atom. The van der Waals surface area contributed by atoms with E-state index < -0.39 is 6.04 Å². The zero-order valence-electron chi connectivity index (χ0n) is 15.6. The number of anilines is 2. The molecule has 1 atom stereocenters. The minimum Gasteiger partial charge on any atom is -0.492 e. The molecule has 1 aliphatic rings. The number of nitrogens with one attached hydrogen (secondary N) is 2. The number of amides is 1. The lowest BCUT2D eigenvalue weighted by molar-refractivity contribution is -0.113. The lowest BCUT2D eigenvalue weighted by Gasteiger charge is -2.28. The van der Waals surface area contributed by atoms with Crippen molar-refractivity contribution < 1.29 is 9.53 Å². The third-order valence-electron chi connectivity index (χ3n) is 4.47. The van der Waals surface area contributed by atoms with Crippen LogP contribution in [0.4, 0.5) is 11.6 Å². The van der Waals surface area contributed by atoms with Crippen LogP contribution in [-0.4, -0.2) is 32.3 Å². The highest BCUT2D eigenvalue weighted by Crippen LogP contribution is 2.35. The highest BCUT2D eigenvalue weighted by Gasteiger charge is 2.33. The average Bonchev–Trinajstić information content (AvgIpc) is 3.17. The Hall–Kier alpha value is -3.68. The second-order valence-electron chi connectivity index (χ2n) is 6.26. The Balaban J connectivity index is 1.73. The largest absolute Gasteiger partial charge is 0.492 e. The molecule has 1 aromatic carbocycles. The van der Waals surface area contributed by atoms with Crippen molar-refractivity contribution in [2.75, 3.05) is 17.2 Å². The van der Waals surface area contributed by atoms with Gasteiger partial charge in [-0.15, -0.1) is 0 Å². The number of hydrogen-bond acceptors (Lipinski definition) is 6. The highest BCUT2D eigenvalue weighted by molar-refractivity contribution is 6.06. The van der Waals surface area contributed by atoms with Gasteiger partial charge in [0.05, 0.1) is 17.9 Å². The first-order valence-corrected chi connectivity index (χ1v) is 8.99. The Morgan fingerprint density at radius 3 is 2.93 bits per heavy atom. The SMILES string of the molecule is CCOc1ccccc1NC(=O)C1=C(C)Nc2ncnn2[C@H]1c1cccnc1. The lowest BCUT2D eigenvalue weighted by Crippen LogP contribution is -2.31. The molecule has 8 nitrogen and oxygen atoms in total. The quantitative estimate of drug-likeness (QED) is 0.711. The molecule has 1 aliphatic heterocycles. The number of carbonyl (C=O) groups is 1. The summed E-state index contributed by atoms with van der Waals surface area (Å²) in [5.74, 6) is 0.963. The van der Waals surface area contributed by atoms with Crippen molar-refractivity contribution in [1.29, 1.82) is 0 Å². The van der Waals surface area contributed by atoms with Crippen molar-refractivity contribution >= 4 is 17.5 Å². The third kappa shape index (κ3) is 3.20. The van der Waals surface area contributed by atoms with E-state index in [2.05, 4.69) is 25.7 Å². The number of carbonyl (C=O) groups excluding carboxylic acids is 1. The smallest absolute Gasteiger partial charge is 0.255 e. The summed E-state index contributed by atoms with van der Waals surface area (Å²) < 4.78 is 7.31. The summed E-state index contributed by atoms with van der Waals surface area (Å²) in [4.78, 5) is 21.7. The third-order valence-corrected chi connectivity index (χ3v) is 4.47. The van der Waals surface area contributed by atoms with Gasteiger partial charge in [-0.25, -0.2) is 4.68 Å². The topological polar surface area (TPSA) is 94.0 Å². The van der Waals surface area contributed by atoms with Crippen molar-refractivity contribution in [2.24, 2.45) is 0 Å². The number of hydrogen-bond donors (Lipinski definition) is 2. The molecule has 1 amide bonds. The normalized spacial score (nSPS) is 15.6. The second kappa shape index (κ2) is 7.51. The maximum absolute atomic E-state index is 13.3. The molecule has 8 heteroatoms. The average molecular weight is 376 g/mol. The fourth-order valence-corrected chi connectivity index (χ4v) is 3.27. The first kappa shape index (κ1) is 17.7. The fourth-order valence-electron chi connectivity index (χ4n) is 3.27. The van der Waals surface area contributed by atoms with Crippen LogP contribution in [0.15, 0.2) is 66.4 Å². The van der Waals surface area contributed by atoms with Crippen LogP contribution < -0.4 is 15.4 Å². The van der Waals surface area contributed by atoms with Gasteiger partial charge in [0, 0.05) is 18.1 Å². The standard InChI is InChI=1S/C20H20N6O2/c1-3-28-16-9-5-4-8-15(16)25-19(27)17-13(2)24-20-22-12-23-26(20)18(17)14-7-6-10-21-11-14/h4-12,18H,3H2,1-2H3,(H,25,27)(H,22,23,24)/t18-/m0/s1. The van der Waals surface area contributed by atoms with E-state index in [0.717, 1.165) is 5.56 Å². The molecule has 142 valence electrons. The van der Waals surface area contributed by atoms with Crippen LogP contribution in [0.25, 0.3) is 0 Å². The van der Waals surface area contributed by atoms with Crippen LogP contribution in [0.3, 0.4) is 0 Å². The van der Waals surface area contributed by atoms with Gasteiger partial charge < -0.3 is 15.4 Å². The number of benzene rings is 1. The summed E-state index contributed by atoms with van der Waals surface area (Å²) in [6.45, 7) is 4.27. The van der Waals surface area contributed by atoms with Crippen LogP contribution in [-0.2, 0) is 4.79 Å². The summed E-state index contributed by atoms with van der Waals surface area (Å²) in [6, 6.07) is 10.7. The van der Waals surface area contributed by atoms with E-state index in [4.69, 9.17) is 4.74 Å². The van der Waals surface area contributed by atoms with Gasteiger partial charge >= 0.3 is 0 Å². The number of para-hydroxylation sites is 2. The molecule has 0 aliphatic carbocycles. The van der Waals surface area contributed by atoms with Gasteiger partial charge in [-0.3, -0.25) is 9.78 Å². The monoisotopic (exact) mass is 376 g/mol. The van der Waals surface area contributed by atoms with Gasteiger partial charge in [0.15, 0.2) is 0 Å². The van der Waals surface area contributed by atoms with E-state index in [1.807, 2.05) is 50.2 Å². The molecule has 0 radical (unpaired) electrons. The lowest BCUT2D eigenvalue weighted by atomic mass is 9.96. The Morgan fingerprint density at radius 1 is 1.29 bits per heavy atom. The molecule has 0 bridgehead atoms. The molecule has 4 rings (SSSR count). The maximum Gasteiger partial charge on any atom is 0.255 e. The van der Waals surface area contributed by atoms with Crippen LogP contribution in [0.5, 0.6) is 5.75 Å². The van der Waals surface area contributed by atoms with Crippen LogP contribution >= 0.6 is 0 Å². The number of ether oxygens (including phenoxy) is 1. The number of fused-ring (bicyclic) bond motifs is 1. The van der Waals surface area contributed by atoms with E-state index >= 15 is 0 Å². The predicted octanol–water partition coefficient (Wildman–Crippen LogP) is 3.00. The van der Waals surface area contributed by atoms with E-state index in [-0.39, 0.29) is 5.91 Å². The number of allylic oxidation sites excluding steroid dienone is 1. The Labute approximate surface area is 162 Å². The predicted molar refractivity (Wildman–Crippen MR) is 105 cm³/mol. The molecule has 0 spiro atoms. The van der Waals surface area contributed by atoms with Crippen LogP contribution in [0.2, 0.25) is 0 Å². The maximum atomic E-state index is 13.3. The summed E-state index contributed by atoms with van der Waals surface area (Å²) in [5.41, 5.74) is 2.71. The molecule has 3 heterocycles. The second-order valence-corrected chi connectivity index (χ2v) is 6.26. The van der Waals surface area contributed by atoms with Crippen molar-refractivity contribution in [3.63, 3.8) is 0 Å². The Kier molecular flexibility index (Phi) is 4.76. The Bertz CT molecular complexity index is 1030. The minimum atomic E-state index is -0.438. The van der Waals surface area contributed by atoms with E-state index in [0.29, 0.717) is 35.3 Å². The molecular formula is C20H20N6O2. The minimum absolute atomic E-state index is 0.243. The van der Waals surface area contributed by atoms with Crippen molar-refractivity contribution in [3.05, 3.63) is 72.0 Å². The molecule has 0 fully saturated rings. The van der Waals surface area contributed by atoms with Gasteiger partial charge in [0.2, 0.25) is 5.95 Å². The summed E-state index contributed by atoms with van der Waals surface area (Å²) in [7, 11) is 0. The van der Waals surface area contributed by atoms with Crippen LogP contribution in [0, 0.1) is 0 Å². The van der Waals surface area contributed by atoms with E-state index in [9.17, 15) is 4.79 Å². The van der Waals surface area contributed by atoms with Crippen molar-refractivity contribution in [1.82, 2.24) is 19.7 Å².